The number of carbonyl (C=O) groups excluding carboxylic acids is 1. The van der Waals surface area contributed by atoms with Crippen molar-refractivity contribution in [3.8, 4) is 5.75 Å². The molecule has 2 aromatic carbocycles. The quantitative estimate of drug-likeness (QED) is 0.388. The summed E-state index contributed by atoms with van der Waals surface area (Å²) in [7, 11) is 0. The number of nitrogens with zero attached hydrogens (tertiary/aromatic N) is 4. The van der Waals surface area contributed by atoms with Crippen LogP contribution >= 0.6 is 31.9 Å². The van der Waals surface area contributed by atoms with Crippen molar-refractivity contribution in [2.45, 2.75) is 19.8 Å². The van der Waals surface area contributed by atoms with Gasteiger partial charge < -0.3 is 14.4 Å². The molecule has 0 spiro atoms. The Morgan fingerprint density at radius 3 is 2.68 bits per heavy atom. The molecule has 1 fully saturated rings. The Hall–Kier alpha value is -2.56. The number of amides is 1. The van der Waals surface area contributed by atoms with E-state index in [9.17, 15) is 9.59 Å². The molecule has 4 rings (SSSR count). The Morgan fingerprint density at radius 2 is 1.91 bits per heavy atom. The molecule has 0 saturated carbocycles. The van der Waals surface area contributed by atoms with Crippen molar-refractivity contribution >= 4 is 54.9 Å². The molecule has 1 aliphatic rings. The Morgan fingerprint density at radius 1 is 1.18 bits per heavy atom. The Labute approximate surface area is 213 Å². The van der Waals surface area contributed by atoms with E-state index in [0.717, 1.165) is 15.4 Å². The van der Waals surface area contributed by atoms with Crippen molar-refractivity contribution in [1.82, 2.24) is 14.6 Å². The average Bonchev–Trinajstić information content (AvgIpc) is 2.84. The zero-order chi connectivity index (χ0) is 24.1. The molecule has 178 valence electrons. The van der Waals surface area contributed by atoms with Gasteiger partial charge in [0.25, 0.3) is 11.5 Å². The second-order valence-electron chi connectivity index (χ2n) is 7.77. The van der Waals surface area contributed by atoms with Crippen molar-refractivity contribution in [3.63, 3.8) is 0 Å². The molecule has 2 heterocycles. The predicted octanol–water partition coefficient (Wildman–Crippen LogP) is 3.99. The van der Waals surface area contributed by atoms with Crippen molar-refractivity contribution in [3.05, 3.63) is 67.1 Å². The zero-order valence-corrected chi connectivity index (χ0v) is 21.8. The van der Waals surface area contributed by atoms with Crippen LogP contribution in [0.1, 0.15) is 24.7 Å². The predicted molar refractivity (Wildman–Crippen MR) is 138 cm³/mol. The minimum Gasteiger partial charge on any atom is -0.483 e. The summed E-state index contributed by atoms with van der Waals surface area (Å²) in [5, 5.41) is 4.96. The van der Waals surface area contributed by atoms with Crippen molar-refractivity contribution in [2.75, 3.05) is 32.9 Å². The van der Waals surface area contributed by atoms with Crippen LogP contribution in [-0.4, -0.2) is 59.6 Å². The monoisotopic (exact) mass is 590 g/mol. The van der Waals surface area contributed by atoms with Gasteiger partial charge >= 0.3 is 0 Å². The number of aromatic nitrogens is 2. The SMILES string of the molecule is CCCc1nc2ccc(Br)cc2c(=O)n1N=Cc1cc(Br)ccc1OCC(=O)N1CCOCC1. The van der Waals surface area contributed by atoms with E-state index in [1.165, 1.54) is 4.68 Å². The Balaban J connectivity index is 1.64. The molecule has 1 saturated heterocycles. The fourth-order valence-electron chi connectivity index (χ4n) is 3.61. The highest BCUT2D eigenvalue weighted by atomic mass is 79.9. The van der Waals surface area contributed by atoms with Crippen molar-refractivity contribution in [2.24, 2.45) is 5.10 Å². The zero-order valence-electron chi connectivity index (χ0n) is 18.7. The van der Waals surface area contributed by atoms with Crippen LogP contribution in [0.25, 0.3) is 10.9 Å². The van der Waals surface area contributed by atoms with Crippen LogP contribution in [-0.2, 0) is 16.0 Å². The number of carbonyl (C=O) groups is 1. The van der Waals surface area contributed by atoms with E-state index in [-0.39, 0.29) is 18.1 Å². The van der Waals surface area contributed by atoms with Crippen LogP contribution in [0.4, 0.5) is 0 Å². The number of hydrogen-bond acceptors (Lipinski definition) is 6. The molecule has 34 heavy (non-hydrogen) atoms. The maximum atomic E-state index is 13.2. The maximum absolute atomic E-state index is 13.2. The average molecular weight is 592 g/mol. The summed E-state index contributed by atoms with van der Waals surface area (Å²) in [6.45, 7) is 4.13. The topological polar surface area (TPSA) is 86.0 Å². The van der Waals surface area contributed by atoms with E-state index in [0.29, 0.717) is 60.8 Å². The molecular weight excluding hydrogens is 568 g/mol. The number of rotatable bonds is 7. The second-order valence-corrected chi connectivity index (χ2v) is 9.60. The lowest BCUT2D eigenvalue weighted by atomic mass is 10.2. The molecule has 3 aromatic rings. The summed E-state index contributed by atoms with van der Waals surface area (Å²) >= 11 is 6.88. The molecule has 0 N–H and O–H groups in total. The van der Waals surface area contributed by atoms with Crippen molar-refractivity contribution < 1.29 is 14.3 Å². The highest BCUT2D eigenvalue weighted by Gasteiger charge is 2.18. The molecule has 0 atom stereocenters. The fraction of sp³-hybridized carbons (Fsp3) is 0.333. The second kappa shape index (κ2) is 11.2. The van der Waals surface area contributed by atoms with Crippen LogP contribution in [0.2, 0.25) is 0 Å². The maximum Gasteiger partial charge on any atom is 0.282 e. The first-order valence-corrected chi connectivity index (χ1v) is 12.6. The first kappa shape index (κ1) is 24.6. The number of hydrogen-bond donors (Lipinski definition) is 0. The largest absolute Gasteiger partial charge is 0.483 e. The van der Waals surface area contributed by atoms with Gasteiger partial charge in [-0.05, 0) is 42.8 Å². The number of halogens is 2. The first-order chi connectivity index (χ1) is 16.5. The van der Waals surface area contributed by atoms with E-state index in [4.69, 9.17) is 9.47 Å². The third-order valence-corrected chi connectivity index (χ3v) is 6.33. The molecule has 0 radical (unpaired) electrons. The molecule has 0 unspecified atom stereocenters. The summed E-state index contributed by atoms with van der Waals surface area (Å²) in [6.07, 6.45) is 2.98. The fourth-order valence-corrected chi connectivity index (χ4v) is 4.35. The van der Waals surface area contributed by atoms with E-state index in [1.54, 1.807) is 23.2 Å². The van der Waals surface area contributed by atoms with Gasteiger partial charge in [0.05, 0.1) is 30.3 Å². The van der Waals surface area contributed by atoms with E-state index >= 15 is 0 Å². The number of benzene rings is 2. The van der Waals surface area contributed by atoms with Gasteiger partial charge in [-0.1, -0.05) is 38.8 Å². The van der Waals surface area contributed by atoms with Crippen LogP contribution < -0.4 is 10.3 Å². The Kier molecular flexibility index (Phi) is 8.12. The van der Waals surface area contributed by atoms with Gasteiger partial charge in [0, 0.05) is 34.0 Å². The molecule has 1 aromatic heterocycles. The highest BCUT2D eigenvalue weighted by Crippen LogP contribution is 2.22. The number of fused-ring (bicyclic) bond motifs is 1. The molecule has 1 aliphatic heterocycles. The Bertz CT molecular complexity index is 1290. The third-order valence-electron chi connectivity index (χ3n) is 5.35. The number of ether oxygens (including phenoxy) is 2. The normalized spacial score (nSPS) is 14.1. The molecular formula is C24H24Br2N4O4. The van der Waals surface area contributed by atoms with E-state index < -0.39 is 0 Å². The van der Waals surface area contributed by atoms with Gasteiger partial charge in [0.1, 0.15) is 11.6 Å². The van der Waals surface area contributed by atoms with E-state index in [2.05, 4.69) is 41.9 Å². The van der Waals surface area contributed by atoms with Crippen molar-refractivity contribution in [1.29, 1.82) is 0 Å². The summed E-state index contributed by atoms with van der Waals surface area (Å²) in [5.41, 5.74) is 1.02. The van der Waals surface area contributed by atoms with Crippen LogP contribution in [0.5, 0.6) is 5.75 Å². The molecule has 0 aliphatic carbocycles. The van der Waals surface area contributed by atoms with Gasteiger partial charge in [-0.15, -0.1) is 0 Å². The lowest BCUT2D eigenvalue weighted by Crippen LogP contribution is -2.43. The number of morpholine rings is 1. The van der Waals surface area contributed by atoms with Gasteiger partial charge in [0.2, 0.25) is 0 Å². The van der Waals surface area contributed by atoms with Crippen LogP contribution in [0.15, 0.2) is 55.2 Å². The lowest BCUT2D eigenvalue weighted by Gasteiger charge is -2.26. The minimum atomic E-state index is -0.244. The smallest absolute Gasteiger partial charge is 0.282 e. The third kappa shape index (κ3) is 5.73. The van der Waals surface area contributed by atoms with Gasteiger partial charge in [-0.2, -0.15) is 9.78 Å². The molecule has 0 bridgehead atoms. The molecule has 1 amide bonds. The van der Waals surface area contributed by atoms with Gasteiger partial charge in [-0.3, -0.25) is 9.59 Å². The summed E-state index contributed by atoms with van der Waals surface area (Å²) < 4.78 is 14.1. The van der Waals surface area contributed by atoms with Crippen LogP contribution in [0, 0.1) is 0 Å². The van der Waals surface area contributed by atoms with Gasteiger partial charge in [0.15, 0.2) is 6.61 Å². The summed E-state index contributed by atoms with van der Waals surface area (Å²) in [4.78, 5) is 32.1. The standard InChI is InChI=1S/C24H24Br2N4O4/c1-2-3-22-28-20-6-4-18(26)13-19(20)24(32)30(22)27-14-16-12-17(25)5-7-21(16)34-15-23(31)29-8-10-33-11-9-29/h4-7,12-14H,2-3,8-11,15H2,1H3. The first-order valence-electron chi connectivity index (χ1n) is 11.0. The highest BCUT2D eigenvalue weighted by molar-refractivity contribution is 9.10. The summed E-state index contributed by atoms with van der Waals surface area (Å²) in [5.74, 6) is 0.980. The summed E-state index contributed by atoms with van der Waals surface area (Å²) in [6, 6.07) is 10.9. The van der Waals surface area contributed by atoms with Gasteiger partial charge in [-0.25, -0.2) is 4.98 Å². The molecule has 8 nitrogen and oxygen atoms in total. The minimum absolute atomic E-state index is 0.0882. The number of aryl methyl sites for hydroxylation is 1. The molecule has 10 heteroatoms. The van der Waals surface area contributed by atoms with Crippen LogP contribution in [0.3, 0.4) is 0 Å². The lowest BCUT2D eigenvalue weighted by molar-refractivity contribution is -0.137. The van der Waals surface area contributed by atoms with E-state index in [1.807, 2.05) is 31.2 Å².